The minimum Gasteiger partial charge on any atom is -0.481 e. The monoisotopic (exact) mass is 451 g/mol. The number of pyridine rings is 2. The van der Waals surface area contributed by atoms with Gasteiger partial charge in [-0.15, -0.1) is 0 Å². The summed E-state index contributed by atoms with van der Waals surface area (Å²) in [6, 6.07) is 4.83. The summed E-state index contributed by atoms with van der Waals surface area (Å²) in [6.45, 7) is 5.04. The van der Waals surface area contributed by atoms with Gasteiger partial charge in [0.1, 0.15) is 12.4 Å². The van der Waals surface area contributed by atoms with Gasteiger partial charge in [-0.3, -0.25) is 9.79 Å². The number of halogens is 2. The molecular weight excluding hydrogens is 429 g/mol. The Labute approximate surface area is 183 Å². The van der Waals surface area contributed by atoms with Gasteiger partial charge in [0, 0.05) is 17.7 Å². The molecule has 1 aliphatic heterocycles. The van der Waals surface area contributed by atoms with Crippen LogP contribution in [0.3, 0.4) is 0 Å². The first-order valence-corrected chi connectivity index (χ1v) is 10.4. The third kappa shape index (κ3) is 4.09. The van der Waals surface area contributed by atoms with Gasteiger partial charge in [-0.05, 0) is 32.0 Å². The number of hydrogen-bond donors (Lipinski definition) is 2. The van der Waals surface area contributed by atoms with Gasteiger partial charge < -0.3 is 15.8 Å². The van der Waals surface area contributed by atoms with Crippen molar-refractivity contribution in [3.8, 4) is 5.88 Å². The van der Waals surface area contributed by atoms with Gasteiger partial charge in [-0.25, -0.2) is 14.4 Å². The second-order valence-electron chi connectivity index (χ2n) is 7.46. The average molecular weight is 452 g/mol. The lowest BCUT2D eigenvalue weighted by molar-refractivity contribution is 0.102. The normalized spacial score (nSPS) is 26.1. The number of nitrogens with zero attached hydrogens (tertiary/aromatic N) is 3. The van der Waals surface area contributed by atoms with Crippen molar-refractivity contribution in [1.82, 2.24) is 9.97 Å². The first-order valence-electron chi connectivity index (χ1n) is 9.20. The lowest BCUT2D eigenvalue weighted by atomic mass is 9.74. The molecule has 0 spiro atoms. The zero-order valence-electron chi connectivity index (χ0n) is 17.1. The molecule has 2 aromatic rings. The molecular formula is C20H23ClFN5O2S. The lowest BCUT2D eigenvalue weighted by Crippen LogP contribution is -2.49. The molecule has 1 aliphatic rings. The van der Waals surface area contributed by atoms with E-state index in [1.165, 1.54) is 37.3 Å². The summed E-state index contributed by atoms with van der Waals surface area (Å²) >= 11 is 7.05. The summed E-state index contributed by atoms with van der Waals surface area (Å²) in [5.41, 5.74) is 6.38. The quantitative estimate of drug-likeness (QED) is 0.711. The molecule has 0 bridgehead atoms. The number of amidine groups is 1. The molecule has 3 heterocycles. The Balaban J connectivity index is 2.01. The van der Waals surface area contributed by atoms with Crippen LogP contribution in [0.1, 0.15) is 36.8 Å². The van der Waals surface area contributed by atoms with Gasteiger partial charge in [0.25, 0.3) is 5.91 Å². The first-order chi connectivity index (χ1) is 14.1. The summed E-state index contributed by atoms with van der Waals surface area (Å²) in [5.74, 6) is -0.331. The topological polar surface area (TPSA) is 102 Å². The molecule has 7 nitrogen and oxygen atoms in total. The fourth-order valence-corrected chi connectivity index (χ4v) is 4.74. The zero-order chi connectivity index (χ0) is 22.1. The number of amides is 1. The molecule has 0 saturated carbocycles. The van der Waals surface area contributed by atoms with Crippen LogP contribution in [0.15, 0.2) is 35.6 Å². The van der Waals surface area contributed by atoms with Gasteiger partial charge in [-0.1, -0.05) is 30.3 Å². The Morgan fingerprint density at radius 2 is 2.10 bits per heavy atom. The van der Waals surface area contributed by atoms with Crippen molar-refractivity contribution in [2.45, 2.75) is 31.1 Å². The molecule has 0 saturated heterocycles. The van der Waals surface area contributed by atoms with Crippen LogP contribution in [0.4, 0.5) is 10.1 Å². The van der Waals surface area contributed by atoms with Crippen molar-refractivity contribution in [2.75, 3.05) is 19.1 Å². The highest BCUT2D eigenvalue weighted by Crippen LogP contribution is 2.51. The van der Waals surface area contributed by atoms with Crippen molar-refractivity contribution in [2.24, 2.45) is 16.6 Å². The van der Waals surface area contributed by atoms with Crippen LogP contribution < -0.4 is 15.8 Å². The predicted molar refractivity (Wildman–Crippen MR) is 118 cm³/mol. The highest BCUT2D eigenvalue weighted by atomic mass is 35.5. The van der Waals surface area contributed by atoms with Crippen molar-refractivity contribution < 1.29 is 13.9 Å². The molecule has 2 aromatic heterocycles. The summed E-state index contributed by atoms with van der Waals surface area (Å²) in [6.07, 6.45) is 2.87. The fraction of sp³-hybridized carbons (Fsp3) is 0.400. The van der Waals surface area contributed by atoms with E-state index < -0.39 is 22.9 Å². The van der Waals surface area contributed by atoms with Gasteiger partial charge in [0.05, 0.1) is 34.3 Å². The third-order valence-electron chi connectivity index (χ3n) is 5.51. The standard InChI is InChI=1S/C20H23ClFN5O2S/c1-11-19(2,10-22)30-18(23)27-20(11,3)14-7-13(9-25-17(14)29-4)26-16(28)15-6-5-12(21)8-24-15/h5-9,11H,10H2,1-4H3,(H2,23,27)(H,26,28)/t11-,19-,20+/m1/s1. The number of ether oxygens (including phenoxy) is 1. The van der Waals surface area contributed by atoms with E-state index in [0.29, 0.717) is 22.2 Å². The van der Waals surface area contributed by atoms with E-state index in [0.717, 1.165) is 0 Å². The molecule has 0 aromatic carbocycles. The molecule has 1 amide bonds. The maximum atomic E-state index is 13.9. The fourth-order valence-electron chi connectivity index (χ4n) is 3.46. The molecule has 0 aliphatic carbocycles. The Kier molecular flexibility index (Phi) is 6.24. The van der Waals surface area contributed by atoms with Gasteiger partial charge >= 0.3 is 0 Å². The molecule has 0 fully saturated rings. The Morgan fingerprint density at radius 1 is 1.37 bits per heavy atom. The Morgan fingerprint density at radius 3 is 2.70 bits per heavy atom. The largest absolute Gasteiger partial charge is 0.481 e. The highest BCUT2D eigenvalue weighted by molar-refractivity contribution is 8.15. The van der Waals surface area contributed by atoms with Gasteiger partial charge in [-0.2, -0.15) is 0 Å². The van der Waals surface area contributed by atoms with Crippen LogP contribution in [-0.4, -0.2) is 39.6 Å². The van der Waals surface area contributed by atoms with Crippen LogP contribution in [0.2, 0.25) is 5.02 Å². The average Bonchev–Trinajstić information content (AvgIpc) is 2.72. The number of hydrogen-bond acceptors (Lipinski definition) is 7. The second kappa shape index (κ2) is 8.39. The summed E-state index contributed by atoms with van der Waals surface area (Å²) in [4.78, 5) is 25.5. The molecule has 3 rings (SSSR count). The minimum absolute atomic E-state index is 0.206. The summed E-state index contributed by atoms with van der Waals surface area (Å²) < 4.78 is 18.6. The van der Waals surface area contributed by atoms with E-state index in [2.05, 4.69) is 20.3 Å². The number of carbonyl (C=O) groups is 1. The zero-order valence-corrected chi connectivity index (χ0v) is 18.6. The molecule has 3 atom stereocenters. The van der Waals surface area contributed by atoms with Crippen LogP contribution in [0, 0.1) is 5.92 Å². The van der Waals surface area contributed by atoms with E-state index in [-0.39, 0.29) is 16.8 Å². The molecule has 0 unspecified atom stereocenters. The van der Waals surface area contributed by atoms with Crippen LogP contribution in [-0.2, 0) is 5.54 Å². The lowest BCUT2D eigenvalue weighted by Gasteiger charge is -2.46. The number of methoxy groups -OCH3 is 1. The SMILES string of the molecule is COc1ncc(NC(=O)c2ccc(Cl)cn2)cc1[C@@]1(C)N=C(N)S[C@](C)(CF)[C@H]1C. The van der Waals surface area contributed by atoms with E-state index in [9.17, 15) is 9.18 Å². The number of carbonyl (C=O) groups excluding carboxylic acids is 1. The Hall–Kier alpha value is -2.39. The molecule has 10 heteroatoms. The first kappa shape index (κ1) is 22.3. The third-order valence-corrected chi connectivity index (χ3v) is 6.97. The van der Waals surface area contributed by atoms with Gasteiger partial charge in [0.2, 0.25) is 5.88 Å². The van der Waals surface area contributed by atoms with E-state index in [4.69, 9.17) is 22.1 Å². The second-order valence-corrected chi connectivity index (χ2v) is 9.46. The summed E-state index contributed by atoms with van der Waals surface area (Å²) in [5, 5.41) is 3.49. The minimum atomic E-state index is -0.909. The van der Waals surface area contributed by atoms with Crippen molar-refractivity contribution in [3.63, 3.8) is 0 Å². The van der Waals surface area contributed by atoms with Crippen molar-refractivity contribution >= 4 is 40.1 Å². The molecule has 3 N–H and O–H groups in total. The number of nitrogens with one attached hydrogen (secondary N) is 1. The van der Waals surface area contributed by atoms with Crippen LogP contribution in [0.25, 0.3) is 0 Å². The Bertz CT molecular complexity index is 990. The van der Waals surface area contributed by atoms with Crippen molar-refractivity contribution in [1.29, 1.82) is 0 Å². The smallest absolute Gasteiger partial charge is 0.274 e. The van der Waals surface area contributed by atoms with E-state index in [1.54, 1.807) is 12.1 Å². The number of anilines is 1. The molecule has 30 heavy (non-hydrogen) atoms. The van der Waals surface area contributed by atoms with Crippen LogP contribution >= 0.6 is 23.4 Å². The van der Waals surface area contributed by atoms with Crippen LogP contribution in [0.5, 0.6) is 5.88 Å². The van der Waals surface area contributed by atoms with Crippen molar-refractivity contribution in [3.05, 3.63) is 46.9 Å². The number of alkyl halides is 1. The highest BCUT2D eigenvalue weighted by Gasteiger charge is 2.50. The number of thioether (sulfide) groups is 1. The maximum Gasteiger partial charge on any atom is 0.274 e. The van der Waals surface area contributed by atoms with Gasteiger partial charge in [0.15, 0.2) is 5.17 Å². The number of aromatic nitrogens is 2. The molecule has 160 valence electrons. The summed E-state index contributed by atoms with van der Waals surface area (Å²) in [7, 11) is 1.49. The maximum absolute atomic E-state index is 13.9. The number of nitrogens with two attached hydrogens (primary N) is 1. The molecule has 0 radical (unpaired) electrons. The van der Waals surface area contributed by atoms with E-state index in [1.807, 2.05) is 20.8 Å². The predicted octanol–water partition coefficient (Wildman–Crippen LogP) is 4.03. The van der Waals surface area contributed by atoms with E-state index >= 15 is 0 Å². The number of rotatable bonds is 5. The number of aliphatic imine (C=N–C) groups is 1.